The molecule has 0 fully saturated rings. The molecule has 2 aliphatic rings. The van der Waals surface area contributed by atoms with E-state index < -0.39 is 0 Å². The number of fused-ring (bicyclic) bond motifs is 6. The predicted octanol–water partition coefficient (Wildman–Crippen LogP) is 0.999. The number of benzene rings is 4. The van der Waals surface area contributed by atoms with Gasteiger partial charge in [-0.1, -0.05) is 72.1 Å². The van der Waals surface area contributed by atoms with Crippen molar-refractivity contribution in [2.24, 2.45) is 0 Å². The van der Waals surface area contributed by atoms with Crippen LogP contribution in [0.2, 0.25) is 13.1 Å². The Morgan fingerprint density at radius 3 is 1.41 bits per heavy atom. The molecule has 0 saturated carbocycles. The van der Waals surface area contributed by atoms with Crippen molar-refractivity contribution in [1.29, 1.82) is 0 Å². The fourth-order valence-corrected chi connectivity index (χ4v) is 3.84. The first-order valence-electron chi connectivity index (χ1n) is 10.3. The maximum absolute atomic E-state index is 3.32. The summed E-state index contributed by atoms with van der Waals surface area (Å²) in [6.07, 6.45) is 12.9. The van der Waals surface area contributed by atoms with Crippen molar-refractivity contribution in [3.05, 3.63) is 119 Å². The summed E-state index contributed by atoms with van der Waals surface area (Å²) in [4.78, 5) is 0. The summed E-state index contributed by atoms with van der Waals surface area (Å²) in [5.41, 5.74) is 5.59. The summed E-state index contributed by atoms with van der Waals surface area (Å²) >= 11 is 1.74. The van der Waals surface area contributed by atoms with Crippen LogP contribution in [-0.2, 0) is 36.2 Å². The van der Waals surface area contributed by atoms with E-state index in [1.165, 1.54) is 43.8 Å². The first-order valence-corrected chi connectivity index (χ1v) is 16.5. The van der Waals surface area contributed by atoms with Gasteiger partial charge in [0.1, 0.15) is 0 Å². The number of rotatable bonds is 0. The molecule has 0 saturated heterocycles. The largest absolute Gasteiger partial charge is 1.00 e. The van der Waals surface area contributed by atoms with Crippen LogP contribution >= 0.6 is 0 Å². The van der Waals surface area contributed by atoms with Crippen molar-refractivity contribution in [2.45, 2.75) is 25.9 Å². The van der Waals surface area contributed by atoms with Crippen molar-refractivity contribution in [2.75, 3.05) is 0 Å². The average molecular weight is 551 g/mol. The Labute approximate surface area is 219 Å². The Morgan fingerprint density at radius 1 is 0.625 bits per heavy atom. The van der Waals surface area contributed by atoms with Crippen LogP contribution in [0.25, 0.3) is 21.5 Å². The molecule has 0 aromatic heterocycles. The van der Waals surface area contributed by atoms with E-state index in [1.807, 2.05) is 0 Å². The zero-order valence-electron chi connectivity index (χ0n) is 18.3. The van der Waals surface area contributed by atoms with E-state index in [-0.39, 0.29) is 30.2 Å². The molecule has 160 valence electrons. The summed E-state index contributed by atoms with van der Waals surface area (Å²) in [6, 6.07) is 25.7. The molecule has 6 rings (SSSR count). The molecule has 4 aromatic carbocycles. The normalized spacial score (nSPS) is 11.9. The Morgan fingerprint density at radius 2 is 1.00 bits per heavy atom. The second kappa shape index (κ2) is 12.7. The summed E-state index contributed by atoms with van der Waals surface area (Å²) in [5, 5.41) is 5.27. The van der Waals surface area contributed by atoms with Crippen molar-refractivity contribution in [3.8, 4) is 0 Å². The minimum absolute atomic E-state index is 0. The number of allylic oxidation sites excluding steroid dienone is 2. The fraction of sp³-hybridized carbons (Fsp3) is 0.143. The van der Waals surface area contributed by atoms with Gasteiger partial charge in [-0.15, -0.1) is 46.2 Å². The quantitative estimate of drug-likeness (QED) is 0.227. The Kier molecular flexibility index (Phi) is 10.6. The molecule has 0 aliphatic heterocycles. The van der Waals surface area contributed by atoms with Crippen molar-refractivity contribution in [1.82, 2.24) is 0 Å². The van der Waals surface area contributed by atoms with E-state index in [0.29, 0.717) is 0 Å². The van der Waals surface area contributed by atoms with E-state index in [2.05, 4.69) is 110 Å². The first kappa shape index (κ1) is 26.8. The van der Waals surface area contributed by atoms with Crippen LogP contribution in [0.3, 0.4) is 0 Å². The van der Waals surface area contributed by atoms with Crippen LogP contribution < -0.4 is 24.8 Å². The van der Waals surface area contributed by atoms with Gasteiger partial charge in [-0.25, -0.2) is 0 Å². The smallest absolute Gasteiger partial charge is 0.0637 e. The second-order valence-corrected chi connectivity index (χ2v) is 17.1. The third-order valence-electron chi connectivity index (χ3n) is 5.17. The SMILES string of the molecule is C[Si](C)=[Zr+2].[C-]1=CCc2ccc3ccccc3c21.[C-]1=CCc2ccc3ccccc3c21.[Cl-].[Cl-]. The van der Waals surface area contributed by atoms with Crippen molar-refractivity contribution in [3.63, 3.8) is 0 Å². The molecule has 0 amide bonds. The molecule has 0 N–H and O–H groups in total. The first-order chi connectivity index (χ1) is 14.6. The van der Waals surface area contributed by atoms with Crippen LogP contribution in [0.15, 0.2) is 84.9 Å². The van der Waals surface area contributed by atoms with Crippen molar-refractivity contribution >= 4 is 27.0 Å². The van der Waals surface area contributed by atoms with Gasteiger partial charge in [-0.2, -0.15) is 35.4 Å². The molecule has 32 heavy (non-hydrogen) atoms. The minimum Gasteiger partial charge on any atom is -1.00 e. The van der Waals surface area contributed by atoms with E-state index in [9.17, 15) is 0 Å². The summed E-state index contributed by atoms with van der Waals surface area (Å²) in [6.45, 7) is 4.62. The maximum Gasteiger partial charge on any atom is -0.0637 e. The molecule has 4 heteroatoms. The fourth-order valence-electron chi connectivity index (χ4n) is 3.84. The average Bonchev–Trinajstić information content (AvgIpc) is 3.43. The predicted molar refractivity (Wildman–Crippen MR) is 127 cm³/mol. The number of hydrogen-bond acceptors (Lipinski definition) is 0. The molecule has 4 aromatic rings. The minimum atomic E-state index is 0. The standard InChI is InChI=1S/2C13H9.C2H6Si.2ClH.Zr/c2*1-2-6-12-10(4-1)8-9-11-5-3-7-13(11)12;1-3-2;;;/h2*1-4,6,8-9H,5H2;1-2H3;2*1H;/q2*-1;;;;+2/p-2. The summed E-state index contributed by atoms with van der Waals surface area (Å²) < 4.78 is 0. The molecular weight excluding hydrogens is 527 g/mol. The Bertz CT molecular complexity index is 1190. The van der Waals surface area contributed by atoms with Crippen LogP contribution in [-0.4, -0.2) is 5.43 Å². The molecule has 0 bridgehead atoms. The Balaban J connectivity index is 0.000000185. The topological polar surface area (TPSA) is 0 Å². The summed E-state index contributed by atoms with van der Waals surface area (Å²) in [7, 11) is 0. The van der Waals surface area contributed by atoms with Crippen molar-refractivity contribution < 1.29 is 48.1 Å². The molecule has 0 atom stereocenters. The van der Waals surface area contributed by atoms with Gasteiger partial charge < -0.3 is 24.8 Å². The van der Waals surface area contributed by atoms with Crippen LogP contribution in [0.1, 0.15) is 22.3 Å². The monoisotopic (exact) mass is 548 g/mol. The van der Waals surface area contributed by atoms with Gasteiger partial charge in [0, 0.05) is 0 Å². The van der Waals surface area contributed by atoms with E-state index in [1.54, 1.807) is 23.3 Å². The summed E-state index contributed by atoms with van der Waals surface area (Å²) in [5.74, 6) is 0. The molecule has 0 spiro atoms. The molecule has 0 radical (unpaired) electrons. The van der Waals surface area contributed by atoms with E-state index >= 15 is 0 Å². The van der Waals surface area contributed by atoms with E-state index in [0.717, 1.165) is 12.8 Å². The molecule has 0 heterocycles. The second-order valence-electron chi connectivity index (χ2n) is 7.75. The number of halogens is 2. The van der Waals surface area contributed by atoms with Crippen LogP contribution in [0.5, 0.6) is 0 Å². The molecular formula is C28H24Cl2SiZr-2. The molecule has 0 unspecified atom stereocenters. The van der Waals surface area contributed by atoms with Gasteiger partial charge in [0.2, 0.25) is 0 Å². The van der Waals surface area contributed by atoms with Gasteiger partial charge >= 0.3 is 41.9 Å². The zero-order chi connectivity index (χ0) is 20.9. The van der Waals surface area contributed by atoms with Gasteiger partial charge in [0.25, 0.3) is 0 Å². The number of hydrogen-bond donors (Lipinski definition) is 0. The van der Waals surface area contributed by atoms with Crippen LogP contribution in [0.4, 0.5) is 0 Å². The van der Waals surface area contributed by atoms with E-state index in [4.69, 9.17) is 0 Å². The van der Waals surface area contributed by atoms with Gasteiger partial charge in [-0.3, -0.25) is 0 Å². The Hall–Kier alpha value is -1.44. The van der Waals surface area contributed by atoms with Gasteiger partial charge in [-0.05, 0) is 0 Å². The van der Waals surface area contributed by atoms with Gasteiger partial charge in [0.05, 0.1) is 0 Å². The molecule has 0 nitrogen and oxygen atoms in total. The van der Waals surface area contributed by atoms with Gasteiger partial charge in [0.15, 0.2) is 0 Å². The third kappa shape index (κ3) is 6.33. The molecule has 2 aliphatic carbocycles. The maximum atomic E-state index is 3.32. The third-order valence-corrected chi connectivity index (χ3v) is 5.17. The zero-order valence-corrected chi connectivity index (χ0v) is 23.2. The van der Waals surface area contributed by atoms with Crippen LogP contribution in [0, 0.1) is 12.2 Å².